The number of aliphatic hydroxyl groups is 1. The van der Waals surface area contributed by atoms with Crippen molar-refractivity contribution >= 4 is 34.0 Å². The van der Waals surface area contributed by atoms with E-state index in [0.717, 1.165) is 11.3 Å². The molecule has 1 aliphatic heterocycles. The molecule has 0 saturated carbocycles. The predicted molar refractivity (Wildman–Crippen MR) is 132 cm³/mol. The van der Waals surface area contributed by atoms with Crippen LogP contribution in [0.4, 0.5) is 15.2 Å². The van der Waals surface area contributed by atoms with Gasteiger partial charge in [-0.1, -0.05) is 25.1 Å². The highest BCUT2D eigenvalue weighted by molar-refractivity contribution is 7.20. The van der Waals surface area contributed by atoms with E-state index in [4.69, 9.17) is 10.5 Å². The lowest BCUT2D eigenvalue weighted by atomic mass is 9.89. The van der Waals surface area contributed by atoms with Gasteiger partial charge in [-0.25, -0.2) is 9.37 Å². The van der Waals surface area contributed by atoms with Crippen molar-refractivity contribution in [2.45, 2.75) is 26.4 Å². The number of primary amides is 1. The minimum absolute atomic E-state index is 0.0737. The Labute approximate surface area is 206 Å². The zero-order chi connectivity index (χ0) is 25.4. The summed E-state index contributed by atoms with van der Waals surface area (Å²) in [4.78, 5) is 29.5. The molecule has 4 rings (SSSR count). The maximum absolute atomic E-state index is 14.9. The number of pyridine rings is 1. The molecule has 0 bridgehead atoms. The highest BCUT2D eigenvalue weighted by atomic mass is 32.1. The van der Waals surface area contributed by atoms with E-state index in [1.54, 1.807) is 44.2 Å². The lowest BCUT2D eigenvalue weighted by Gasteiger charge is -2.37. The number of hydrogen-bond acceptors (Lipinski definition) is 7. The molecule has 184 valence electrons. The molecule has 3 heterocycles. The number of anilines is 2. The van der Waals surface area contributed by atoms with Gasteiger partial charge in [-0.05, 0) is 43.7 Å². The molecule has 1 saturated heterocycles. The predicted octanol–water partition coefficient (Wildman–Crippen LogP) is 3.79. The van der Waals surface area contributed by atoms with Gasteiger partial charge in [-0.2, -0.15) is 0 Å². The summed E-state index contributed by atoms with van der Waals surface area (Å²) in [5.74, 6) is -1.20. The quantitative estimate of drug-likeness (QED) is 0.374. The average Bonchev–Trinajstić information content (AvgIpc) is 3.19. The van der Waals surface area contributed by atoms with Crippen molar-refractivity contribution in [2.24, 2.45) is 11.1 Å². The van der Waals surface area contributed by atoms with E-state index in [9.17, 15) is 19.1 Å². The summed E-state index contributed by atoms with van der Waals surface area (Å²) in [6.07, 6.45) is 0. The third-order valence-electron chi connectivity index (χ3n) is 5.74. The fraction of sp³-hybridized carbons (Fsp3) is 0.320. The molecule has 0 radical (unpaired) electrons. The topological polar surface area (TPSA) is 127 Å². The van der Waals surface area contributed by atoms with Gasteiger partial charge < -0.3 is 26.2 Å². The smallest absolute Gasteiger partial charge is 0.269 e. The van der Waals surface area contributed by atoms with Crippen molar-refractivity contribution in [3.05, 3.63) is 65.1 Å². The number of aromatic nitrogens is 1. The number of carbonyl (C=O) groups excluding carboxylic acids is 2. The Morgan fingerprint density at radius 1 is 1.26 bits per heavy atom. The Balaban J connectivity index is 1.57. The Morgan fingerprint density at radius 3 is 2.60 bits per heavy atom. The van der Waals surface area contributed by atoms with Crippen LogP contribution in [-0.4, -0.2) is 41.7 Å². The number of thiophene rings is 1. The number of benzene rings is 1. The molecule has 1 aliphatic rings. The van der Waals surface area contributed by atoms with Crippen LogP contribution in [0.1, 0.15) is 47.2 Å². The first-order chi connectivity index (χ1) is 16.4. The van der Waals surface area contributed by atoms with Crippen LogP contribution in [0.3, 0.4) is 0 Å². The van der Waals surface area contributed by atoms with Crippen molar-refractivity contribution in [3.63, 3.8) is 0 Å². The molecule has 0 unspecified atom stereocenters. The molecule has 3 aromatic rings. The molecule has 0 atom stereocenters. The second-order valence-electron chi connectivity index (χ2n) is 9.49. The summed E-state index contributed by atoms with van der Waals surface area (Å²) in [5, 5.41) is 16.4. The van der Waals surface area contributed by atoms with Crippen molar-refractivity contribution < 1.29 is 23.8 Å². The van der Waals surface area contributed by atoms with E-state index in [0.29, 0.717) is 41.0 Å². The average molecular weight is 499 g/mol. The van der Waals surface area contributed by atoms with Crippen molar-refractivity contribution in [2.75, 3.05) is 25.1 Å². The van der Waals surface area contributed by atoms with Gasteiger partial charge in [0.15, 0.2) is 0 Å². The number of rotatable bonds is 8. The molecule has 35 heavy (non-hydrogen) atoms. The standard InChI is InChI=1S/C25H27FN4O4S/c1-24(2,33)14-7-8-15(17(26)9-14)19-10-16(21(27)31)23(35-19)30-20-6-4-5-18(29-20)22(32)28-11-25(3)12-34-13-25/h4-10,33H,11-13H2,1-3H3,(H2,27,31)(H,28,32)(H,29,30). The second kappa shape index (κ2) is 9.37. The monoisotopic (exact) mass is 498 g/mol. The summed E-state index contributed by atoms with van der Waals surface area (Å²) in [5.41, 5.74) is 5.39. The number of halogens is 1. The number of nitrogens with two attached hydrogens (primary N) is 1. The first-order valence-corrected chi connectivity index (χ1v) is 11.8. The molecular weight excluding hydrogens is 471 g/mol. The molecule has 2 amide bonds. The summed E-state index contributed by atoms with van der Waals surface area (Å²) in [7, 11) is 0. The van der Waals surface area contributed by atoms with Crippen LogP contribution in [0.25, 0.3) is 10.4 Å². The van der Waals surface area contributed by atoms with E-state index >= 15 is 0 Å². The molecule has 8 nitrogen and oxygen atoms in total. The van der Waals surface area contributed by atoms with Crippen molar-refractivity contribution in [3.8, 4) is 10.4 Å². The van der Waals surface area contributed by atoms with Crippen LogP contribution in [0.2, 0.25) is 0 Å². The fourth-order valence-corrected chi connectivity index (χ4v) is 4.68. The number of nitrogens with one attached hydrogen (secondary N) is 2. The van der Waals surface area contributed by atoms with Gasteiger partial charge in [0.05, 0.1) is 24.4 Å². The highest BCUT2D eigenvalue weighted by Crippen LogP contribution is 2.38. The van der Waals surface area contributed by atoms with E-state index in [1.807, 2.05) is 6.92 Å². The van der Waals surface area contributed by atoms with Crippen LogP contribution >= 0.6 is 11.3 Å². The first-order valence-electron chi connectivity index (χ1n) is 11.0. The van der Waals surface area contributed by atoms with E-state index < -0.39 is 17.3 Å². The van der Waals surface area contributed by atoms with Gasteiger partial charge in [0.1, 0.15) is 22.3 Å². The van der Waals surface area contributed by atoms with Crippen LogP contribution in [0, 0.1) is 11.2 Å². The van der Waals surface area contributed by atoms with Crippen LogP contribution in [0.15, 0.2) is 42.5 Å². The maximum atomic E-state index is 14.9. The molecule has 10 heteroatoms. The minimum Gasteiger partial charge on any atom is -0.386 e. The molecule has 0 spiro atoms. The number of hydrogen-bond donors (Lipinski definition) is 4. The van der Waals surface area contributed by atoms with Gasteiger partial charge in [0, 0.05) is 22.4 Å². The van der Waals surface area contributed by atoms with Crippen LogP contribution in [0.5, 0.6) is 0 Å². The largest absolute Gasteiger partial charge is 0.386 e. The highest BCUT2D eigenvalue weighted by Gasteiger charge is 2.33. The summed E-state index contributed by atoms with van der Waals surface area (Å²) >= 11 is 1.13. The van der Waals surface area contributed by atoms with E-state index in [-0.39, 0.29) is 28.1 Å². The summed E-state index contributed by atoms with van der Waals surface area (Å²) in [6, 6.07) is 10.9. The van der Waals surface area contributed by atoms with Crippen molar-refractivity contribution in [1.29, 1.82) is 0 Å². The third-order valence-corrected chi connectivity index (χ3v) is 6.82. The molecule has 0 aliphatic carbocycles. The Bertz CT molecular complexity index is 1280. The fourth-order valence-electron chi connectivity index (χ4n) is 3.58. The summed E-state index contributed by atoms with van der Waals surface area (Å²) in [6.45, 7) is 6.85. The maximum Gasteiger partial charge on any atom is 0.269 e. The normalized spacial score (nSPS) is 14.8. The van der Waals surface area contributed by atoms with Gasteiger partial charge in [-0.15, -0.1) is 11.3 Å². The molecular formula is C25H27FN4O4S. The Morgan fingerprint density at radius 2 is 2.00 bits per heavy atom. The lowest BCUT2D eigenvalue weighted by Crippen LogP contribution is -2.48. The third kappa shape index (κ3) is 5.50. The van der Waals surface area contributed by atoms with Crippen molar-refractivity contribution in [1.82, 2.24) is 10.3 Å². The molecule has 1 aromatic carbocycles. The molecule has 5 N–H and O–H groups in total. The van der Waals surface area contributed by atoms with E-state index in [1.165, 1.54) is 12.1 Å². The zero-order valence-electron chi connectivity index (χ0n) is 19.6. The minimum atomic E-state index is -1.19. The number of ether oxygens (including phenoxy) is 1. The van der Waals surface area contributed by atoms with Gasteiger partial charge >= 0.3 is 0 Å². The molecule has 2 aromatic heterocycles. The van der Waals surface area contributed by atoms with Gasteiger partial charge in [-0.3, -0.25) is 9.59 Å². The SMILES string of the molecule is CC1(CNC(=O)c2cccc(Nc3sc(-c4ccc(C(C)(C)O)cc4F)cc3C(N)=O)n2)COC1. The van der Waals surface area contributed by atoms with E-state index in [2.05, 4.69) is 15.6 Å². The lowest BCUT2D eigenvalue weighted by molar-refractivity contribution is -0.0978. The van der Waals surface area contributed by atoms with Gasteiger partial charge in [0.2, 0.25) is 0 Å². The number of nitrogens with zero attached hydrogens (tertiary/aromatic N) is 1. The second-order valence-corrected chi connectivity index (χ2v) is 10.5. The zero-order valence-corrected chi connectivity index (χ0v) is 20.5. The van der Waals surface area contributed by atoms with Crippen LogP contribution in [-0.2, 0) is 10.3 Å². The number of amides is 2. The molecule has 1 fully saturated rings. The Hall–Kier alpha value is -3.34. The number of carbonyl (C=O) groups is 2. The van der Waals surface area contributed by atoms with Crippen LogP contribution < -0.4 is 16.4 Å². The van der Waals surface area contributed by atoms with Gasteiger partial charge in [0.25, 0.3) is 11.8 Å². The first kappa shape index (κ1) is 24.8. The Kier molecular flexibility index (Phi) is 6.63. The summed E-state index contributed by atoms with van der Waals surface area (Å²) < 4.78 is 20.1.